The summed E-state index contributed by atoms with van der Waals surface area (Å²) in [6.07, 6.45) is 0.996. The van der Waals surface area contributed by atoms with Crippen molar-refractivity contribution in [3.63, 3.8) is 0 Å². The minimum Gasteiger partial charge on any atom is -0.480 e. The van der Waals surface area contributed by atoms with Crippen LogP contribution in [0.1, 0.15) is 12.8 Å². The van der Waals surface area contributed by atoms with Crippen LogP contribution in [0.2, 0.25) is 0 Å². The molecule has 1 aliphatic heterocycles. The van der Waals surface area contributed by atoms with Gasteiger partial charge in [0.15, 0.2) is 0 Å². The molecule has 1 aliphatic rings. The predicted molar refractivity (Wildman–Crippen MR) is 57.4 cm³/mol. The molecule has 0 amide bonds. The van der Waals surface area contributed by atoms with E-state index in [1.807, 2.05) is 0 Å². The molecule has 0 spiro atoms. The first-order valence-corrected chi connectivity index (χ1v) is 6.92. The van der Waals surface area contributed by atoms with Crippen LogP contribution in [0.5, 0.6) is 0 Å². The van der Waals surface area contributed by atoms with Gasteiger partial charge < -0.3 is 25.5 Å². The second-order valence-electron chi connectivity index (χ2n) is 3.91. The van der Waals surface area contributed by atoms with Crippen molar-refractivity contribution in [2.45, 2.75) is 24.9 Å². The lowest BCUT2D eigenvalue weighted by atomic mass is 9.99. The highest BCUT2D eigenvalue weighted by Crippen LogP contribution is 2.32. The molecular formula is C8H17N2O5P. The summed E-state index contributed by atoms with van der Waals surface area (Å²) in [5, 5.41) is 14.6. The van der Waals surface area contributed by atoms with E-state index in [-0.39, 0.29) is 18.7 Å². The van der Waals surface area contributed by atoms with Crippen molar-refractivity contribution in [2.75, 3.05) is 19.3 Å². The van der Waals surface area contributed by atoms with Crippen LogP contribution in [0, 0.1) is 0 Å². The van der Waals surface area contributed by atoms with E-state index in [4.69, 9.17) is 14.9 Å². The van der Waals surface area contributed by atoms with Crippen molar-refractivity contribution in [3.8, 4) is 0 Å². The SMILES string of the molecule is O=C(O)[C@H]1C[C@@H](NCCP(=O)(O)O)CCN1. The van der Waals surface area contributed by atoms with Crippen LogP contribution in [-0.4, -0.2) is 52.2 Å². The Bertz CT molecular complexity index is 292. The fourth-order valence-electron chi connectivity index (χ4n) is 1.71. The van der Waals surface area contributed by atoms with Crippen molar-refractivity contribution >= 4 is 13.6 Å². The highest BCUT2D eigenvalue weighted by Gasteiger charge is 2.26. The van der Waals surface area contributed by atoms with E-state index >= 15 is 0 Å². The van der Waals surface area contributed by atoms with Gasteiger partial charge in [-0.15, -0.1) is 0 Å². The molecule has 94 valence electrons. The van der Waals surface area contributed by atoms with Gasteiger partial charge in [0.25, 0.3) is 0 Å². The number of carbonyl (C=O) groups is 1. The maximum absolute atomic E-state index is 10.7. The highest BCUT2D eigenvalue weighted by molar-refractivity contribution is 7.51. The van der Waals surface area contributed by atoms with Gasteiger partial charge in [0, 0.05) is 12.6 Å². The van der Waals surface area contributed by atoms with E-state index in [1.165, 1.54) is 0 Å². The minimum atomic E-state index is -3.96. The minimum absolute atomic E-state index is 0.00824. The molecule has 8 heteroatoms. The van der Waals surface area contributed by atoms with Gasteiger partial charge in [-0.2, -0.15) is 0 Å². The van der Waals surface area contributed by atoms with E-state index in [2.05, 4.69) is 10.6 Å². The third-order valence-corrected chi connectivity index (χ3v) is 3.34. The van der Waals surface area contributed by atoms with Crippen molar-refractivity contribution < 1.29 is 24.3 Å². The van der Waals surface area contributed by atoms with Gasteiger partial charge in [-0.3, -0.25) is 9.36 Å². The number of hydrogen-bond acceptors (Lipinski definition) is 4. The zero-order chi connectivity index (χ0) is 12.2. The summed E-state index contributed by atoms with van der Waals surface area (Å²) in [6, 6.07) is -0.560. The zero-order valence-corrected chi connectivity index (χ0v) is 9.69. The Labute approximate surface area is 93.4 Å². The molecule has 0 saturated carbocycles. The largest absolute Gasteiger partial charge is 0.480 e. The zero-order valence-electron chi connectivity index (χ0n) is 8.80. The molecular weight excluding hydrogens is 235 g/mol. The molecule has 0 radical (unpaired) electrons. The van der Waals surface area contributed by atoms with Crippen molar-refractivity contribution in [3.05, 3.63) is 0 Å². The molecule has 7 nitrogen and oxygen atoms in total. The van der Waals surface area contributed by atoms with E-state index in [0.717, 1.165) is 6.42 Å². The number of aliphatic carboxylic acids is 1. The lowest BCUT2D eigenvalue weighted by Gasteiger charge is -2.28. The smallest absolute Gasteiger partial charge is 0.326 e. The Morgan fingerprint density at radius 2 is 2.19 bits per heavy atom. The Morgan fingerprint density at radius 1 is 1.50 bits per heavy atom. The average Bonchev–Trinajstić information content (AvgIpc) is 2.16. The van der Waals surface area contributed by atoms with Crippen LogP contribution in [0.25, 0.3) is 0 Å². The normalized spacial score (nSPS) is 26.6. The van der Waals surface area contributed by atoms with E-state index in [1.54, 1.807) is 0 Å². The van der Waals surface area contributed by atoms with Crippen LogP contribution in [0.3, 0.4) is 0 Å². The van der Waals surface area contributed by atoms with Gasteiger partial charge in [0.05, 0.1) is 6.16 Å². The second-order valence-corrected chi connectivity index (χ2v) is 5.69. The summed E-state index contributed by atoms with van der Waals surface area (Å²) in [6.45, 7) is 0.811. The van der Waals surface area contributed by atoms with Gasteiger partial charge in [-0.25, -0.2) is 0 Å². The average molecular weight is 252 g/mol. The van der Waals surface area contributed by atoms with Crippen LogP contribution < -0.4 is 10.6 Å². The quantitative estimate of drug-likeness (QED) is 0.396. The summed E-state index contributed by atoms with van der Waals surface area (Å²) >= 11 is 0. The molecule has 1 rings (SSSR count). The van der Waals surface area contributed by atoms with Crippen molar-refractivity contribution in [2.24, 2.45) is 0 Å². The van der Waals surface area contributed by atoms with E-state index < -0.39 is 19.6 Å². The van der Waals surface area contributed by atoms with Gasteiger partial charge in [0.1, 0.15) is 6.04 Å². The highest BCUT2D eigenvalue weighted by atomic mass is 31.2. The fourth-order valence-corrected chi connectivity index (χ4v) is 2.13. The van der Waals surface area contributed by atoms with Gasteiger partial charge in [-0.05, 0) is 19.4 Å². The number of nitrogens with one attached hydrogen (secondary N) is 2. The Balaban J connectivity index is 2.27. The summed E-state index contributed by atoms with van der Waals surface area (Å²) in [4.78, 5) is 28.0. The Kier molecular flexibility index (Phi) is 4.89. The summed E-state index contributed by atoms with van der Waals surface area (Å²) < 4.78 is 10.6. The fraction of sp³-hybridized carbons (Fsp3) is 0.875. The Hall–Kier alpha value is -0.460. The molecule has 0 bridgehead atoms. The van der Waals surface area contributed by atoms with Crippen molar-refractivity contribution in [1.82, 2.24) is 10.6 Å². The molecule has 0 aromatic carbocycles. The molecule has 16 heavy (non-hydrogen) atoms. The maximum atomic E-state index is 10.7. The first kappa shape index (κ1) is 13.6. The second kappa shape index (κ2) is 5.75. The third-order valence-electron chi connectivity index (χ3n) is 2.54. The van der Waals surface area contributed by atoms with E-state index in [9.17, 15) is 9.36 Å². The summed E-state index contributed by atoms with van der Waals surface area (Å²) in [7, 11) is -3.96. The summed E-state index contributed by atoms with van der Waals surface area (Å²) in [5.74, 6) is -0.888. The maximum Gasteiger partial charge on any atom is 0.326 e. The first-order chi connectivity index (χ1) is 7.38. The predicted octanol–water partition coefficient (Wildman–Crippen LogP) is -1.04. The van der Waals surface area contributed by atoms with Gasteiger partial charge >= 0.3 is 13.6 Å². The molecule has 0 aliphatic carbocycles. The Morgan fingerprint density at radius 3 is 2.75 bits per heavy atom. The van der Waals surface area contributed by atoms with Crippen LogP contribution in [0.4, 0.5) is 0 Å². The lowest BCUT2D eigenvalue weighted by Crippen LogP contribution is -2.49. The van der Waals surface area contributed by atoms with E-state index in [0.29, 0.717) is 13.0 Å². The third kappa shape index (κ3) is 5.05. The molecule has 0 aromatic heterocycles. The number of piperidine rings is 1. The molecule has 0 unspecified atom stereocenters. The van der Waals surface area contributed by atoms with Gasteiger partial charge in [0.2, 0.25) is 0 Å². The summed E-state index contributed by atoms with van der Waals surface area (Å²) in [5.41, 5.74) is 0. The molecule has 0 aromatic rings. The molecule has 5 N–H and O–H groups in total. The number of rotatable bonds is 5. The van der Waals surface area contributed by atoms with Crippen LogP contribution >= 0.6 is 7.60 Å². The topological polar surface area (TPSA) is 119 Å². The molecule has 1 heterocycles. The molecule has 1 fully saturated rings. The standard InChI is InChI=1S/C8H17N2O5P/c11-8(12)7-5-6(1-2-10-7)9-3-4-16(13,14)15/h6-7,9-10H,1-5H2,(H,11,12)(H2,13,14,15)/t6-,7+/m0/s1. The number of carboxylic acids is 1. The van der Waals surface area contributed by atoms with Crippen LogP contribution in [-0.2, 0) is 9.36 Å². The lowest BCUT2D eigenvalue weighted by molar-refractivity contribution is -0.140. The van der Waals surface area contributed by atoms with Crippen LogP contribution in [0.15, 0.2) is 0 Å². The molecule has 2 atom stereocenters. The van der Waals surface area contributed by atoms with Crippen molar-refractivity contribution in [1.29, 1.82) is 0 Å². The first-order valence-electron chi connectivity index (χ1n) is 5.12. The van der Waals surface area contributed by atoms with Gasteiger partial charge in [-0.1, -0.05) is 0 Å². The molecule has 1 saturated heterocycles. The number of hydrogen-bond donors (Lipinski definition) is 5. The monoisotopic (exact) mass is 252 g/mol. The number of carboxylic acid groups (broad SMARTS) is 1.